The van der Waals surface area contributed by atoms with E-state index in [1.165, 1.54) is 24.9 Å². The van der Waals surface area contributed by atoms with E-state index in [9.17, 15) is 4.79 Å². The molecule has 0 spiro atoms. The minimum atomic E-state index is -0.0960. The highest BCUT2D eigenvalue weighted by Crippen LogP contribution is 2.25. The van der Waals surface area contributed by atoms with Crippen LogP contribution in [0.2, 0.25) is 0 Å². The number of benzene rings is 2. The number of para-hydroxylation sites is 1. The third-order valence-corrected chi connectivity index (χ3v) is 4.99. The predicted molar refractivity (Wildman–Crippen MR) is 107 cm³/mol. The molecule has 0 aliphatic carbocycles. The lowest BCUT2D eigenvalue weighted by atomic mass is 10.1. The van der Waals surface area contributed by atoms with E-state index in [0.717, 1.165) is 24.3 Å². The Kier molecular flexibility index (Phi) is 4.61. The van der Waals surface area contributed by atoms with Gasteiger partial charge in [-0.2, -0.15) is 0 Å². The lowest BCUT2D eigenvalue weighted by molar-refractivity contribution is 0.578. The van der Waals surface area contributed by atoms with Crippen LogP contribution in [-0.4, -0.2) is 23.1 Å². The van der Waals surface area contributed by atoms with Gasteiger partial charge in [-0.3, -0.25) is 4.79 Å². The molecule has 0 amide bonds. The van der Waals surface area contributed by atoms with Crippen molar-refractivity contribution in [2.75, 3.05) is 23.3 Å². The molecule has 1 saturated heterocycles. The van der Waals surface area contributed by atoms with Crippen LogP contribution < -0.4 is 15.8 Å². The van der Waals surface area contributed by atoms with E-state index in [1.54, 1.807) is 6.07 Å². The molecule has 1 unspecified atom stereocenters. The van der Waals surface area contributed by atoms with Gasteiger partial charge in [-0.25, -0.2) is 4.98 Å². The van der Waals surface area contributed by atoms with Gasteiger partial charge >= 0.3 is 0 Å². The van der Waals surface area contributed by atoms with Gasteiger partial charge in [-0.15, -0.1) is 0 Å². The molecule has 1 fully saturated rings. The van der Waals surface area contributed by atoms with Crippen LogP contribution in [0.4, 0.5) is 11.4 Å². The molecule has 134 valence electrons. The zero-order chi connectivity index (χ0) is 17.9. The molecule has 5 nitrogen and oxygen atoms in total. The van der Waals surface area contributed by atoms with Gasteiger partial charge in [0.05, 0.1) is 16.9 Å². The molecule has 3 aromatic rings. The maximum atomic E-state index is 12.3. The van der Waals surface area contributed by atoms with Gasteiger partial charge < -0.3 is 15.2 Å². The van der Waals surface area contributed by atoms with Crippen molar-refractivity contribution in [3.63, 3.8) is 0 Å². The average molecular weight is 348 g/mol. The zero-order valence-electron chi connectivity index (χ0n) is 15.0. The molecule has 4 rings (SSSR count). The smallest absolute Gasteiger partial charge is 0.258 e. The van der Waals surface area contributed by atoms with E-state index in [-0.39, 0.29) is 11.6 Å². The first-order valence-corrected chi connectivity index (χ1v) is 9.31. The molecule has 0 radical (unpaired) electrons. The fourth-order valence-electron chi connectivity index (χ4n) is 3.57. The number of nitrogens with one attached hydrogen (secondary N) is 2. The number of rotatable bonds is 4. The Morgan fingerprint density at radius 3 is 2.73 bits per heavy atom. The van der Waals surface area contributed by atoms with Gasteiger partial charge in [0, 0.05) is 24.5 Å². The van der Waals surface area contributed by atoms with E-state index in [2.05, 4.69) is 44.5 Å². The van der Waals surface area contributed by atoms with Crippen LogP contribution in [0.15, 0.2) is 53.3 Å². The number of anilines is 2. The van der Waals surface area contributed by atoms with Crippen LogP contribution in [0.3, 0.4) is 0 Å². The molecule has 2 aromatic carbocycles. The molecule has 0 saturated carbocycles. The highest BCUT2D eigenvalue weighted by atomic mass is 16.1. The van der Waals surface area contributed by atoms with Crippen LogP contribution in [0.1, 0.15) is 38.1 Å². The van der Waals surface area contributed by atoms with Crippen molar-refractivity contribution in [1.29, 1.82) is 0 Å². The van der Waals surface area contributed by atoms with Crippen LogP contribution >= 0.6 is 0 Å². The first-order chi connectivity index (χ1) is 12.7. The van der Waals surface area contributed by atoms with Crippen molar-refractivity contribution in [2.24, 2.45) is 0 Å². The number of hydrogen-bond acceptors (Lipinski definition) is 4. The summed E-state index contributed by atoms with van der Waals surface area (Å²) in [6, 6.07) is 15.8. The Labute approximate surface area is 153 Å². The number of aromatic amines is 1. The van der Waals surface area contributed by atoms with Gasteiger partial charge in [0.1, 0.15) is 5.82 Å². The first kappa shape index (κ1) is 16.6. The molecule has 26 heavy (non-hydrogen) atoms. The Morgan fingerprint density at radius 2 is 1.88 bits per heavy atom. The summed E-state index contributed by atoms with van der Waals surface area (Å²) in [5.74, 6) is 0.650. The van der Waals surface area contributed by atoms with Crippen molar-refractivity contribution in [3.05, 3.63) is 64.7 Å². The maximum absolute atomic E-state index is 12.3. The molecular weight excluding hydrogens is 324 g/mol. The Balaban J connectivity index is 1.56. The predicted octanol–water partition coefficient (Wildman–Crippen LogP) is 4.09. The lowest BCUT2D eigenvalue weighted by Gasteiger charge is -2.29. The summed E-state index contributed by atoms with van der Waals surface area (Å²) in [6.07, 6.45) is 3.85. The largest absolute Gasteiger partial charge is 0.375 e. The third-order valence-electron chi connectivity index (χ3n) is 4.99. The Morgan fingerprint density at radius 1 is 1.08 bits per heavy atom. The highest BCUT2D eigenvalue weighted by Gasteiger charge is 2.13. The van der Waals surface area contributed by atoms with Crippen molar-refractivity contribution in [3.8, 4) is 0 Å². The van der Waals surface area contributed by atoms with Crippen molar-refractivity contribution in [2.45, 2.75) is 32.2 Å². The quantitative estimate of drug-likeness (QED) is 0.746. The number of aromatic nitrogens is 2. The molecule has 1 aliphatic heterocycles. The van der Waals surface area contributed by atoms with Crippen LogP contribution in [0.5, 0.6) is 0 Å². The second-order valence-electron chi connectivity index (χ2n) is 6.93. The fourth-order valence-corrected chi connectivity index (χ4v) is 3.57. The molecular formula is C21H24N4O. The van der Waals surface area contributed by atoms with Crippen LogP contribution in [-0.2, 0) is 0 Å². The number of nitrogens with zero attached hydrogens (tertiary/aromatic N) is 2. The number of H-pyrrole nitrogens is 1. The minimum Gasteiger partial charge on any atom is -0.375 e. The average Bonchev–Trinajstić information content (AvgIpc) is 2.69. The summed E-state index contributed by atoms with van der Waals surface area (Å²) < 4.78 is 0. The van der Waals surface area contributed by atoms with Gasteiger partial charge in [-0.05, 0) is 56.5 Å². The van der Waals surface area contributed by atoms with E-state index < -0.39 is 0 Å². The second-order valence-corrected chi connectivity index (χ2v) is 6.93. The fraction of sp³-hybridized carbons (Fsp3) is 0.333. The minimum absolute atomic E-state index is 0.0936. The summed E-state index contributed by atoms with van der Waals surface area (Å²) in [7, 11) is 0. The Hall–Kier alpha value is -2.82. The van der Waals surface area contributed by atoms with Crippen molar-refractivity contribution in [1.82, 2.24) is 9.97 Å². The van der Waals surface area contributed by atoms with E-state index >= 15 is 0 Å². The van der Waals surface area contributed by atoms with Gasteiger partial charge in [-0.1, -0.05) is 18.2 Å². The topological polar surface area (TPSA) is 61.0 Å². The normalized spacial score (nSPS) is 15.8. The first-order valence-electron chi connectivity index (χ1n) is 9.31. The maximum Gasteiger partial charge on any atom is 0.258 e. The number of hydrogen-bond donors (Lipinski definition) is 2. The van der Waals surface area contributed by atoms with E-state index in [4.69, 9.17) is 0 Å². The van der Waals surface area contributed by atoms with Gasteiger partial charge in [0.15, 0.2) is 0 Å². The van der Waals surface area contributed by atoms with Gasteiger partial charge in [0.25, 0.3) is 5.56 Å². The zero-order valence-corrected chi connectivity index (χ0v) is 15.0. The molecule has 5 heteroatoms. The van der Waals surface area contributed by atoms with Crippen molar-refractivity contribution >= 4 is 22.3 Å². The molecule has 1 aliphatic rings. The van der Waals surface area contributed by atoms with Crippen molar-refractivity contribution < 1.29 is 0 Å². The highest BCUT2D eigenvalue weighted by molar-refractivity contribution is 5.77. The summed E-state index contributed by atoms with van der Waals surface area (Å²) in [5, 5.41) is 4.09. The Bertz CT molecular complexity index is 959. The number of fused-ring (bicyclic) bond motifs is 1. The van der Waals surface area contributed by atoms with Crippen LogP contribution in [0, 0.1) is 0 Å². The molecule has 2 N–H and O–H groups in total. The SMILES string of the molecule is CC(Nc1cccc(N2CCCCC2)c1)c1nc2ccccc2c(=O)[nH]1. The van der Waals surface area contributed by atoms with Gasteiger partial charge in [0.2, 0.25) is 0 Å². The molecule has 1 aromatic heterocycles. The summed E-state index contributed by atoms with van der Waals surface area (Å²) in [5.41, 5.74) is 2.92. The second kappa shape index (κ2) is 7.20. The summed E-state index contributed by atoms with van der Waals surface area (Å²) in [6.45, 7) is 4.26. The lowest BCUT2D eigenvalue weighted by Crippen LogP contribution is -2.29. The summed E-state index contributed by atoms with van der Waals surface area (Å²) in [4.78, 5) is 22.3. The monoisotopic (exact) mass is 348 g/mol. The molecule has 0 bridgehead atoms. The standard InChI is InChI=1S/C21H24N4O/c1-15(20-23-19-11-4-3-10-18(19)21(26)24-20)22-16-8-7-9-17(14-16)25-12-5-2-6-13-25/h3-4,7-11,14-15,22H,2,5-6,12-13H2,1H3,(H,23,24,26). The van der Waals surface area contributed by atoms with E-state index in [1.807, 2.05) is 25.1 Å². The third kappa shape index (κ3) is 3.43. The number of piperidine rings is 1. The molecule has 1 atom stereocenters. The summed E-state index contributed by atoms with van der Waals surface area (Å²) >= 11 is 0. The molecule has 2 heterocycles. The van der Waals surface area contributed by atoms with Crippen LogP contribution in [0.25, 0.3) is 10.9 Å². The van der Waals surface area contributed by atoms with E-state index in [0.29, 0.717) is 11.2 Å².